The lowest BCUT2D eigenvalue weighted by atomic mass is 9.54. The van der Waals surface area contributed by atoms with Gasteiger partial charge < -0.3 is 57.8 Å². The summed E-state index contributed by atoms with van der Waals surface area (Å²) >= 11 is 0. The van der Waals surface area contributed by atoms with Gasteiger partial charge in [-0.15, -0.1) is 0 Å². The molecular formula is C88H96N4O20. The van der Waals surface area contributed by atoms with Gasteiger partial charge in [0.25, 0.3) is 17.7 Å². The van der Waals surface area contributed by atoms with Crippen LogP contribution in [-0.4, -0.2) is 138 Å². The zero-order valence-corrected chi connectivity index (χ0v) is 65.1. The lowest BCUT2D eigenvalue weighted by Crippen LogP contribution is -2.86. The number of aromatic nitrogens is 1. The standard InChI is InChI=1S/C35H39NO9.C34H37NO9.C17H12N2O2.2CH4/c1-19(37)42-33(7)31(4,5)45-32(6,34(8,43-20(2)38)35(33,9)44-21(3)39)28-23-16-12-11-15-22(23)26(29(28)40)27-24-17-13-14-18-25(24)36(10)30(27)41;1-18(36)41-32(7)30(4,5)44-31(6,33(8,42-19(2)37)34(32,9)43-20(3)38)27-22-15-11-10-14-21(22)25(28(27)39)26-23-16-12-13-17-24(23)35-29(26)40;1-19-13-9-5-3-7-11(13)15(17(19)21)14-10-6-2-4-8-12(10)18-16(14)20;;/h11-18,28H,1-10H3;10-17,27H,1-9H3,(H,35,40);2-9,21H,1H3;2*1H4/b27-26+;26-25+;;;. The van der Waals surface area contributed by atoms with Gasteiger partial charge in [-0.3, -0.25) is 52.7 Å². The summed E-state index contributed by atoms with van der Waals surface area (Å²) in [5.41, 5.74) is -10.1. The summed E-state index contributed by atoms with van der Waals surface area (Å²) in [5, 5.41) is 15.6. The predicted molar refractivity (Wildman–Crippen MR) is 418 cm³/mol. The van der Waals surface area contributed by atoms with Crippen molar-refractivity contribution < 1.29 is 95.7 Å². The fourth-order valence-electron chi connectivity index (χ4n) is 18.4. The number of aryl methyl sites for hydroxylation is 1. The largest absolute Gasteiger partial charge is 0.494 e. The number of hydrogen-bond donors (Lipinski definition) is 2. The highest BCUT2D eigenvalue weighted by Gasteiger charge is 2.83. The van der Waals surface area contributed by atoms with Crippen LogP contribution in [0.4, 0.5) is 11.4 Å². The average Bonchev–Trinajstić information content (AvgIpc) is 1.06. The number of ketones is 2. The van der Waals surface area contributed by atoms with E-state index in [1.165, 1.54) is 74.1 Å². The molecule has 588 valence electrons. The molecule has 24 nitrogen and oxygen atoms in total. The van der Waals surface area contributed by atoms with Crippen LogP contribution in [0.2, 0.25) is 0 Å². The highest BCUT2D eigenvalue weighted by Crippen LogP contribution is 2.67. The molecule has 10 atom stereocenters. The van der Waals surface area contributed by atoms with Crippen molar-refractivity contribution in [1.29, 1.82) is 0 Å². The summed E-state index contributed by atoms with van der Waals surface area (Å²) in [4.78, 5) is 152. The number of hydrogen-bond acceptors (Lipinski definition) is 20. The number of carbonyl (C=O) groups is 11. The molecule has 10 unspecified atom stereocenters. The number of para-hydroxylation sites is 4. The maximum absolute atomic E-state index is 15.0. The third kappa shape index (κ3) is 11.9. The van der Waals surface area contributed by atoms with Crippen molar-refractivity contribution in [2.45, 2.75) is 207 Å². The van der Waals surface area contributed by atoms with Crippen molar-refractivity contribution in [2.75, 3.05) is 17.3 Å². The third-order valence-electron chi connectivity index (χ3n) is 24.2. The molecule has 2 aliphatic carbocycles. The maximum Gasteiger partial charge on any atom is 0.303 e. The number of rotatable bonds is 9. The molecule has 6 heterocycles. The molecule has 2 saturated heterocycles. The van der Waals surface area contributed by atoms with E-state index in [0.717, 1.165) is 16.1 Å². The second-order valence-corrected chi connectivity index (χ2v) is 30.9. The number of carbonyl (C=O) groups excluding carboxylic acids is 11. The molecule has 6 aromatic carbocycles. The molecule has 2 fully saturated rings. The molecule has 0 bridgehead atoms. The SMILES string of the molecule is C.C.CC(=O)OC1(C)C(C)(C)OC(C)(C2C(=O)/C(=C3/C(=O)N(C)c4ccccc43)c3ccccc32)C(C)(OC(C)=O)C1(C)OC(C)=O.CC(=O)OC1(C)C(C)(C)OC(C)(C2C(=O)/C(=C3/C(=O)Nc4ccccc43)c3ccccc32)C(C)(OC(C)=O)C1(C)OC(C)=O.Cn1c(O)c(C2=c3ccccc3=NC2=O)c2ccccc21. The Balaban J connectivity index is 0.000000187. The van der Waals surface area contributed by atoms with Crippen LogP contribution < -0.4 is 20.8 Å². The van der Waals surface area contributed by atoms with E-state index in [0.29, 0.717) is 61.2 Å². The first-order valence-corrected chi connectivity index (χ1v) is 35.9. The molecule has 7 aromatic rings. The van der Waals surface area contributed by atoms with Crippen molar-refractivity contribution in [3.05, 3.63) is 195 Å². The maximum atomic E-state index is 15.0. The normalized spacial score (nSPS) is 29.2. The number of allylic oxidation sites excluding steroid dienone is 2. The van der Waals surface area contributed by atoms with E-state index in [1.807, 2.05) is 60.7 Å². The number of amides is 3. The Kier molecular flexibility index (Phi) is 21.0. The zero-order valence-electron chi connectivity index (χ0n) is 65.1. The number of anilines is 2. The first-order valence-electron chi connectivity index (χ1n) is 35.9. The van der Waals surface area contributed by atoms with Gasteiger partial charge in [-0.2, -0.15) is 0 Å². The van der Waals surface area contributed by atoms with E-state index < -0.39 is 121 Å². The number of nitrogens with one attached hydrogen (secondary N) is 1. The molecule has 2 N–H and O–H groups in total. The summed E-state index contributed by atoms with van der Waals surface area (Å²) in [5.74, 6) is -8.45. The Morgan fingerprint density at radius 1 is 0.429 bits per heavy atom. The average molecular weight is 1530 g/mol. The van der Waals surface area contributed by atoms with Crippen LogP contribution in [0.15, 0.2) is 151 Å². The molecular weight excluding hydrogens is 1430 g/mol. The topological polar surface area (TPSA) is 314 Å². The number of Topliss-reactive ketones (excluding diaryl/α,β-unsaturated/α-hetero) is 2. The van der Waals surface area contributed by atoms with Gasteiger partial charge in [0.1, 0.15) is 22.4 Å². The Hall–Kier alpha value is -11.5. The minimum Gasteiger partial charge on any atom is -0.494 e. The van der Waals surface area contributed by atoms with E-state index in [1.54, 1.807) is 159 Å². The van der Waals surface area contributed by atoms with Gasteiger partial charge in [-0.25, -0.2) is 4.99 Å². The van der Waals surface area contributed by atoms with Crippen LogP contribution >= 0.6 is 0 Å². The molecule has 0 saturated carbocycles. The molecule has 24 heteroatoms. The summed E-state index contributed by atoms with van der Waals surface area (Å²) in [6, 6.07) is 43.6. The predicted octanol–water partition coefficient (Wildman–Crippen LogP) is 12.0. The second-order valence-electron chi connectivity index (χ2n) is 30.9. The third-order valence-corrected chi connectivity index (χ3v) is 24.2. The summed E-state index contributed by atoms with van der Waals surface area (Å²) in [7, 11) is 3.44. The summed E-state index contributed by atoms with van der Waals surface area (Å²) < 4.78 is 51.7. The van der Waals surface area contributed by atoms with Gasteiger partial charge in [0.05, 0.1) is 50.7 Å². The zero-order chi connectivity index (χ0) is 80.7. The summed E-state index contributed by atoms with van der Waals surface area (Å²) in [6.07, 6.45) is 0. The highest BCUT2D eigenvalue weighted by molar-refractivity contribution is 6.49. The lowest BCUT2D eigenvalue weighted by molar-refractivity contribution is -0.396. The molecule has 1 aromatic heterocycles. The van der Waals surface area contributed by atoms with E-state index in [9.17, 15) is 53.1 Å². The van der Waals surface area contributed by atoms with Gasteiger partial charge in [-0.05, 0) is 130 Å². The fraction of sp³-hybridized carbons (Fsp3) is 0.386. The van der Waals surface area contributed by atoms with Crippen LogP contribution in [0.5, 0.6) is 5.88 Å². The molecule has 0 radical (unpaired) electrons. The quantitative estimate of drug-likeness (QED) is 0.0770. The van der Waals surface area contributed by atoms with Gasteiger partial charge >= 0.3 is 35.8 Å². The number of benzene rings is 6. The minimum atomic E-state index is -1.95. The number of aromatic hydroxyl groups is 1. The second kappa shape index (κ2) is 28.4. The van der Waals surface area contributed by atoms with Crippen molar-refractivity contribution in [2.24, 2.45) is 12.0 Å². The molecule has 3 amide bonds. The lowest BCUT2D eigenvalue weighted by Gasteiger charge is -2.68. The van der Waals surface area contributed by atoms with Crippen molar-refractivity contribution in [3.8, 4) is 5.88 Å². The highest BCUT2D eigenvalue weighted by atomic mass is 16.7. The Morgan fingerprint density at radius 3 is 1.28 bits per heavy atom. The number of nitrogens with zero attached hydrogens (tertiary/aromatic N) is 3. The number of likely N-dealkylation sites (N-methyl/N-ethyl adjacent to an activating group) is 1. The van der Waals surface area contributed by atoms with E-state index >= 15 is 4.79 Å². The van der Waals surface area contributed by atoms with Gasteiger partial charge in [0.2, 0.25) is 0 Å². The van der Waals surface area contributed by atoms with Crippen LogP contribution in [0.25, 0.3) is 38.8 Å². The van der Waals surface area contributed by atoms with Crippen LogP contribution in [0.3, 0.4) is 0 Å². The molecule has 5 aliphatic heterocycles. The van der Waals surface area contributed by atoms with Crippen LogP contribution in [0.1, 0.15) is 190 Å². The first-order chi connectivity index (χ1) is 51.3. The number of fused-ring (bicyclic) bond motifs is 6. The van der Waals surface area contributed by atoms with Gasteiger partial charge in [-0.1, -0.05) is 136 Å². The molecule has 14 rings (SSSR count). The van der Waals surface area contributed by atoms with Crippen molar-refractivity contribution in [3.63, 3.8) is 0 Å². The van der Waals surface area contributed by atoms with Crippen molar-refractivity contribution in [1.82, 2.24) is 4.57 Å². The van der Waals surface area contributed by atoms with Crippen LogP contribution in [0, 0.1) is 0 Å². The smallest absolute Gasteiger partial charge is 0.303 e. The van der Waals surface area contributed by atoms with Gasteiger partial charge in [0.15, 0.2) is 51.1 Å². The fourth-order valence-corrected chi connectivity index (χ4v) is 18.4. The van der Waals surface area contributed by atoms with Gasteiger partial charge in [0, 0.05) is 94.2 Å². The first kappa shape index (κ1) is 83.0. The minimum absolute atomic E-state index is 0. The Bertz CT molecular complexity index is 5450. The Labute approximate surface area is 650 Å². The van der Waals surface area contributed by atoms with Crippen molar-refractivity contribution >= 4 is 115 Å². The van der Waals surface area contributed by atoms with E-state index in [-0.39, 0.29) is 54.8 Å². The molecule has 7 aliphatic rings. The Morgan fingerprint density at radius 2 is 0.804 bits per heavy atom. The molecule has 112 heavy (non-hydrogen) atoms. The number of esters is 6. The molecule has 0 spiro atoms. The van der Waals surface area contributed by atoms with Crippen LogP contribution in [-0.2, 0) is 97.7 Å². The van der Waals surface area contributed by atoms with E-state index in [2.05, 4.69) is 10.3 Å². The monoisotopic (exact) mass is 1530 g/mol. The van der Waals surface area contributed by atoms with E-state index in [4.69, 9.17) is 37.9 Å². The summed E-state index contributed by atoms with van der Waals surface area (Å²) in [6.45, 7) is 26.3. The number of ether oxygens (including phenoxy) is 8.